The van der Waals surface area contributed by atoms with Gasteiger partial charge < -0.3 is 4.90 Å². The van der Waals surface area contributed by atoms with E-state index in [1.807, 2.05) is 0 Å². The maximum absolute atomic E-state index is 2.38. The van der Waals surface area contributed by atoms with Gasteiger partial charge in [0.25, 0.3) is 0 Å². The lowest BCUT2D eigenvalue weighted by atomic mass is 10.1. The number of hydrogen-bond donors (Lipinski definition) is 0. The Hall–Kier alpha value is -1.50. The molecule has 1 unspecified atom stereocenters. The van der Waals surface area contributed by atoms with Gasteiger partial charge >= 0.3 is 0 Å². The third kappa shape index (κ3) is 2.50. The van der Waals surface area contributed by atoms with E-state index >= 15 is 0 Å². The van der Waals surface area contributed by atoms with E-state index in [0.29, 0.717) is 6.04 Å². The van der Waals surface area contributed by atoms with Gasteiger partial charge in [0, 0.05) is 12.6 Å². The van der Waals surface area contributed by atoms with Crippen LogP contribution in [0.3, 0.4) is 0 Å². The highest BCUT2D eigenvalue weighted by atomic mass is 15.1. The van der Waals surface area contributed by atoms with Crippen molar-refractivity contribution in [1.82, 2.24) is 4.90 Å². The minimum Gasteiger partial charge on any atom is -0.367 e. The molecule has 1 heteroatoms. The SMILES string of the molecule is CCC1C=CC=CN1Cc1ccccc1. The molecular formula is C14H17N. The number of nitrogens with zero attached hydrogens (tertiary/aromatic N) is 1. The van der Waals surface area contributed by atoms with Gasteiger partial charge in [0.2, 0.25) is 0 Å². The molecule has 1 nitrogen and oxygen atoms in total. The summed E-state index contributed by atoms with van der Waals surface area (Å²) in [7, 11) is 0. The van der Waals surface area contributed by atoms with Crippen LogP contribution >= 0.6 is 0 Å². The van der Waals surface area contributed by atoms with Crippen LogP contribution in [0.5, 0.6) is 0 Å². The molecule has 15 heavy (non-hydrogen) atoms. The van der Waals surface area contributed by atoms with Crippen molar-refractivity contribution in [1.29, 1.82) is 0 Å². The molecule has 78 valence electrons. The molecule has 1 aromatic carbocycles. The van der Waals surface area contributed by atoms with Crippen molar-refractivity contribution >= 4 is 0 Å². The summed E-state index contributed by atoms with van der Waals surface area (Å²) in [6.45, 7) is 3.23. The van der Waals surface area contributed by atoms with E-state index in [9.17, 15) is 0 Å². The molecule has 0 aliphatic carbocycles. The minimum absolute atomic E-state index is 0.551. The molecule has 1 heterocycles. The van der Waals surface area contributed by atoms with Gasteiger partial charge in [0.05, 0.1) is 0 Å². The molecule has 0 radical (unpaired) electrons. The van der Waals surface area contributed by atoms with Crippen LogP contribution in [0.1, 0.15) is 18.9 Å². The normalized spacial score (nSPS) is 19.5. The minimum atomic E-state index is 0.551. The Labute approximate surface area is 91.7 Å². The zero-order valence-electron chi connectivity index (χ0n) is 9.13. The van der Waals surface area contributed by atoms with E-state index in [4.69, 9.17) is 0 Å². The van der Waals surface area contributed by atoms with E-state index in [1.54, 1.807) is 0 Å². The quantitative estimate of drug-likeness (QED) is 0.721. The Bertz CT molecular complexity index is 351. The first-order valence-corrected chi connectivity index (χ1v) is 5.55. The molecule has 1 aliphatic heterocycles. The van der Waals surface area contributed by atoms with E-state index in [0.717, 1.165) is 13.0 Å². The molecule has 1 atom stereocenters. The van der Waals surface area contributed by atoms with Crippen LogP contribution in [-0.2, 0) is 6.54 Å². The zero-order valence-corrected chi connectivity index (χ0v) is 9.13. The third-order valence-electron chi connectivity index (χ3n) is 2.77. The second kappa shape index (κ2) is 4.83. The van der Waals surface area contributed by atoms with Gasteiger partial charge in [-0.3, -0.25) is 0 Å². The van der Waals surface area contributed by atoms with Crippen molar-refractivity contribution in [2.75, 3.05) is 0 Å². The summed E-state index contributed by atoms with van der Waals surface area (Å²) in [6.07, 6.45) is 9.85. The van der Waals surface area contributed by atoms with E-state index in [2.05, 4.69) is 66.6 Å². The first kappa shape index (κ1) is 10.0. The maximum Gasteiger partial charge on any atom is 0.0471 e. The first-order valence-electron chi connectivity index (χ1n) is 5.55. The molecule has 0 saturated carbocycles. The maximum atomic E-state index is 2.38. The second-order valence-electron chi connectivity index (χ2n) is 3.86. The third-order valence-corrected chi connectivity index (χ3v) is 2.77. The van der Waals surface area contributed by atoms with E-state index < -0.39 is 0 Å². The fourth-order valence-electron chi connectivity index (χ4n) is 1.91. The average Bonchev–Trinajstić information content (AvgIpc) is 2.31. The van der Waals surface area contributed by atoms with Gasteiger partial charge in [-0.05, 0) is 24.3 Å². The predicted octanol–water partition coefficient (Wildman–Crippen LogP) is 3.35. The van der Waals surface area contributed by atoms with Gasteiger partial charge in [0.1, 0.15) is 0 Å². The fourth-order valence-corrected chi connectivity index (χ4v) is 1.91. The Balaban J connectivity index is 2.05. The molecule has 2 rings (SSSR count). The first-order chi connectivity index (χ1) is 7.40. The Morgan fingerprint density at radius 1 is 1.13 bits per heavy atom. The highest BCUT2D eigenvalue weighted by Gasteiger charge is 2.11. The van der Waals surface area contributed by atoms with Crippen LogP contribution in [0.25, 0.3) is 0 Å². The van der Waals surface area contributed by atoms with Gasteiger partial charge in [-0.2, -0.15) is 0 Å². The van der Waals surface area contributed by atoms with Crippen molar-refractivity contribution in [2.45, 2.75) is 25.9 Å². The number of benzene rings is 1. The summed E-state index contributed by atoms with van der Waals surface area (Å²) in [4.78, 5) is 2.38. The van der Waals surface area contributed by atoms with Crippen molar-refractivity contribution in [3.63, 3.8) is 0 Å². The van der Waals surface area contributed by atoms with Crippen LogP contribution in [-0.4, -0.2) is 10.9 Å². The lowest BCUT2D eigenvalue weighted by Crippen LogP contribution is -2.29. The van der Waals surface area contributed by atoms with Gasteiger partial charge in [-0.15, -0.1) is 0 Å². The highest BCUT2D eigenvalue weighted by molar-refractivity contribution is 5.18. The second-order valence-corrected chi connectivity index (χ2v) is 3.86. The van der Waals surface area contributed by atoms with Crippen LogP contribution in [0, 0.1) is 0 Å². The van der Waals surface area contributed by atoms with Gasteiger partial charge in [0.15, 0.2) is 0 Å². The molecule has 0 fully saturated rings. The molecule has 0 aromatic heterocycles. The molecule has 1 aromatic rings. The molecule has 0 spiro atoms. The summed E-state index contributed by atoms with van der Waals surface area (Å²) in [5.41, 5.74) is 1.37. The van der Waals surface area contributed by atoms with Gasteiger partial charge in [-0.1, -0.05) is 49.4 Å². The Kier molecular flexibility index (Phi) is 3.23. The average molecular weight is 199 g/mol. The summed E-state index contributed by atoms with van der Waals surface area (Å²) < 4.78 is 0. The monoisotopic (exact) mass is 199 g/mol. The van der Waals surface area contributed by atoms with Crippen molar-refractivity contribution in [3.8, 4) is 0 Å². The van der Waals surface area contributed by atoms with Crippen molar-refractivity contribution < 1.29 is 0 Å². The summed E-state index contributed by atoms with van der Waals surface area (Å²) in [5, 5.41) is 0. The molecule has 0 amide bonds. The largest absolute Gasteiger partial charge is 0.367 e. The number of rotatable bonds is 3. The van der Waals surface area contributed by atoms with Crippen LogP contribution in [0.15, 0.2) is 54.8 Å². The predicted molar refractivity (Wildman–Crippen MR) is 64.3 cm³/mol. The molecule has 0 bridgehead atoms. The number of hydrogen-bond acceptors (Lipinski definition) is 1. The van der Waals surface area contributed by atoms with E-state index in [-0.39, 0.29) is 0 Å². The molecular weight excluding hydrogens is 182 g/mol. The van der Waals surface area contributed by atoms with Crippen molar-refractivity contribution in [2.24, 2.45) is 0 Å². The Morgan fingerprint density at radius 3 is 2.67 bits per heavy atom. The highest BCUT2D eigenvalue weighted by Crippen LogP contribution is 2.15. The molecule has 0 saturated heterocycles. The zero-order chi connectivity index (χ0) is 10.5. The lowest BCUT2D eigenvalue weighted by Gasteiger charge is -2.29. The molecule has 0 N–H and O–H groups in total. The number of allylic oxidation sites excluding steroid dienone is 2. The van der Waals surface area contributed by atoms with Crippen LogP contribution in [0.2, 0.25) is 0 Å². The topological polar surface area (TPSA) is 3.24 Å². The van der Waals surface area contributed by atoms with Crippen molar-refractivity contribution in [3.05, 3.63) is 60.3 Å². The molecule has 1 aliphatic rings. The van der Waals surface area contributed by atoms with Crippen LogP contribution < -0.4 is 0 Å². The summed E-state index contributed by atoms with van der Waals surface area (Å²) in [5.74, 6) is 0. The van der Waals surface area contributed by atoms with Gasteiger partial charge in [-0.25, -0.2) is 0 Å². The fraction of sp³-hybridized carbons (Fsp3) is 0.286. The summed E-state index contributed by atoms with van der Waals surface area (Å²) >= 11 is 0. The Morgan fingerprint density at radius 2 is 1.93 bits per heavy atom. The van der Waals surface area contributed by atoms with Crippen LogP contribution in [0.4, 0.5) is 0 Å². The van der Waals surface area contributed by atoms with E-state index in [1.165, 1.54) is 5.56 Å². The standard InChI is InChI=1S/C14H17N/c1-2-14-10-6-7-11-15(14)12-13-8-4-3-5-9-13/h3-11,14H,2,12H2,1H3. The summed E-state index contributed by atoms with van der Waals surface area (Å²) in [6, 6.07) is 11.2. The smallest absolute Gasteiger partial charge is 0.0471 e. The lowest BCUT2D eigenvalue weighted by molar-refractivity contribution is 0.301.